The van der Waals surface area contributed by atoms with Crippen LogP contribution in [0.4, 0.5) is 0 Å². The van der Waals surface area contributed by atoms with Gasteiger partial charge >= 0.3 is 0 Å². The SMILES string of the molecule is COCCn1cc(CCC(=O)NC(c2nc3ccccc3n2C)C(C)C)c2ccccc21. The first-order chi connectivity index (χ1) is 15.5. The normalized spacial score (nSPS) is 12.7. The lowest BCUT2D eigenvalue weighted by Gasteiger charge is -2.22. The van der Waals surface area contributed by atoms with Gasteiger partial charge in [0.2, 0.25) is 5.91 Å². The first-order valence-corrected chi connectivity index (χ1v) is 11.3. The number of amides is 1. The van der Waals surface area contributed by atoms with E-state index in [-0.39, 0.29) is 17.9 Å². The molecular formula is C26H32N4O2. The maximum atomic E-state index is 13.0. The van der Waals surface area contributed by atoms with E-state index in [1.54, 1.807) is 7.11 Å². The van der Waals surface area contributed by atoms with Crippen LogP contribution in [-0.4, -0.2) is 33.7 Å². The van der Waals surface area contributed by atoms with Crippen LogP contribution in [-0.2, 0) is 29.5 Å². The van der Waals surface area contributed by atoms with Crippen molar-refractivity contribution in [3.63, 3.8) is 0 Å². The van der Waals surface area contributed by atoms with Gasteiger partial charge in [0.05, 0.1) is 23.7 Å². The van der Waals surface area contributed by atoms with Crippen LogP contribution in [0.1, 0.15) is 37.7 Å². The lowest BCUT2D eigenvalue weighted by atomic mass is 10.0. The maximum Gasteiger partial charge on any atom is 0.220 e. The zero-order valence-electron chi connectivity index (χ0n) is 19.3. The molecule has 6 heteroatoms. The molecule has 2 heterocycles. The molecule has 2 aromatic heterocycles. The van der Waals surface area contributed by atoms with E-state index >= 15 is 0 Å². The van der Waals surface area contributed by atoms with E-state index in [1.165, 1.54) is 16.5 Å². The summed E-state index contributed by atoms with van der Waals surface area (Å²) in [5.74, 6) is 1.17. The Kier molecular flexibility index (Phi) is 6.61. The van der Waals surface area contributed by atoms with Gasteiger partial charge in [0.1, 0.15) is 5.82 Å². The number of para-hydroxylation sites is 3. The number of hydrogen-bond acceptors (Lipinski definition) is 3. The van der Waals surface area contributed by atoms with Crippen LogP contribution < -0.4 is 5.32 Å². The van der Waals surface area contributed by atoms with Gasteiger partial charge in [0.15, 0.2) is 0 Å². The number of aromatic nitrogens is 3. The van der Waals surface area contributed by atoms with E-state index < -0.39 is 0 Å². The second kappa shape index (κ2) is 9.57. The molecule has 1 atom stereocenters. The maximum absolute atomic E-state index is 13.0. The standard InChI is InChI=1S/C26H32N4O2/c1-18(2)25(26-27-21-10-6-8-12-23(21)29(26)3)28-24(31)14-13-19-17-30(15-16-32-4)22-11-7-5-9-20(19)22/h5-12,17-18,25H,13-16H2,1-4H3,(H,28,31). The van der Waals surface area contributed by atoms with E-state index in [0.717, 1.165) is 23.4 Å². The highest BCUT2D eigenvalue weighted by molar-refractivity contribution is 5.85. The van der Waals surface area contributed by atoms with Gasteiger partial charge in [0.25, 0.3) is 0 Å². The third kappa shape index (κ3) is 4.41. The van der Waals surface area contributed by atoms with Crippen LogP contribution in [0.2, 0.25) is 0 Å². The number of fused-ring (bicyclic) bond motifs is 2. The summed E-state index contributed by atoms with van der Waals surface area (Å²) in [6, 6.07) is 16.3. The number of nitrogens with zero attached hydrogens (tertiary/aromatic N) is 3. The van der Waals surface area contributed by atoms with Crippen molar-refractivity contribution in [3.05, 3.63) is 66.1 Å². The molecule has 0 bridgehead atoms. The molecule has 0 fully saturated rings. The fraction of sp³-hybridized carbons (Fsp3) is 0.385. The molecule has 1 unspecified atom stereocenters. The molecule has 0 radical (unpaired) electrons. The first kappa shape index (κ1) is 22.1. The summed E-state index contributed by atoms with van der Waals surface area (Å²) in [5, 5.41) is 4.45. The molecule has 168 valence electrons. The van der Waals surface area contributed by atoms with Crippen LogP contribution in [0.5, 0.6) is 0 Å². The number of carbonyl (C=O) groups excluding carboxylic acids is 1. The summed E-state index contributed by atoms with van der Waals surface area (Å²) in [4.78, 5) is 17.8. The number of imidazole rings is 1. The highest BCUT2D eigenvalue weighted by atomic mass is 16.5. The highest BCUT2D eigenvalue weighted by Gasteiger charge is 2.24. The number of carbonyl (C=O) groups is 1. The van der Waals surface area contributed by atoms with Crippen LogP contribution in [0, 0.1) is 5.92 Å². The molecule has 1 amide bonds. The van der Waals surface area contributed by atoms with Gasteiger partial charge in [-0.15, -0.1) is 0 Å². The molecule has 0 aliphatic carbocycles. The summed E-state index contributed by atoms with van der Waals surface area (Å²) in [6.07, 6.45) is 3.29. The van der Waals surface area contributed by atoms with E-state index in [2.05, 4.69) is 52.7 Å². The third-order valence-corrected chi connectivity index (χ3v) is 6.11. The van der Waals surface area contributed by atoms with Crippen molar-refractivity contribution < 1.29 is 9.53 Å². The Morgan fingerprint density at radius 1 is 1.09 bits per heavy atom. The minimum absolute atomic E-state index is 0.0458. The molecule has 0 saturated heterocycles. The molecule has 4 aromatic rings. The van der Waals surface area contributed by atoms with E-state index in [4.69, 9.17) is 9.72 Å². The summed E-state index contributed by atoms with van der Waals surface area (Å²) < 4.78 is 9.55. The molecule has 4 rings (SSSR count). The van der Waals surface area contributed by atoms with Gasteiger partial charge in [0, 0.05) is 44.2 Å². The van der Waals surface area contributed by atoms with Crippen molar-refractivity contribution >= 4 is 27.8 Å². The largest absolute Gasteiger partial charge is 0.383 e. The Morgan fingerprint density at radius 3 is 2.53 bits per heavy atom. The Labute approximate surface area is 189 Å². The van der Waals surface area contributed by atoms with Crippen molar-refractivity contribution in [2.75, 3.05) is 13.7 Å². The second-order valence-corrected chi connectivity index (χ2v) is 8.66. The number of rotatable bonds is 9. The van der Waals surface area contributed by atoms with Crippen molar-refractivity contribution in [1.82, 2.24) is 19.4 Å². The minimum atomic E-state index is -0.136. The van der Waals surface area contributed by atoms with Crippen LogP contribution in [0.15, 0.2) is 54.7 Å². The van der Waals surface area contributed by atoms with Gasteiger partial charge < -0.3 is 19.2 Å². The third-order valence-electron chi connectivity index (χ3n) is 6.11. The predicted octanol–water partition coefficient (Wildman–Crippen LogP) is 4.62. The monoisotopic (exact) mass is 432 g/mol. The Bertz CT molecular complexity index is 1220. The molecule has 6 nitrogen and oxygen atoms in total. The molecule has 32 heavy (non-hydrogen) atoms. The Hall–Kier alpha value is -3.12. The molecule has 0 aliphatic rings. The average molecular weight is 433 g/mol. The van der Waals surface area contributed by atoms with Crippen molar-refractivity contribution in [2.24, 2.45) is 13.0 Å². The highest BCUT2D eigenvalue weighted by Crippen LogP contribution is 2.26. The lowest BCUT2D eigenvalue weighted by Crippen LogP contribution is -2.33. The smallest absolute Gasteiger partial charge is 0.220 e. The molecule has 1 N–H and O–H groups in total. The summed E-state index contributed by atoms with van der Waals surface area (Å²) in [7, 11) is 3.73. The van der Waals surface area contributed by atoms with Gasteiger partial charge in [-0.2, -0.15) is 0 Å². The molecule has 0 saturated carbocycles. The molecule has 2 aromatic carbocycles. The van der Waals surface area contributed by atoms with Crippen molar-refractivity contribution in [3.8, 4) is 0 Å². The van der Waals surface area contributed by atoms with E-state index in [0.29, 0.717) is 19.4 Å². The van der Waals surface area contributed by atoms with Gasteiger partial charge in [-0.3, -0.25) is 4.79 Å². The zero-order chi connectivity index (χ0) is 22.7. The van der Waals surface area contributed by atoms with Gasteiger partial charge in [-0.05, 0) is 36.1 Å². The zero-order valence-corrected chi connectivity index (χ0v) is 19.3. The molecule has 0 spiro atoms. The number of nitrogens with one attached hydrogen (secondary N) is 1. The summed E-state index contributed by atoms with van der Waals surface area (Å²) >= 11 is 0. The minimum Gasteiger partial charge on any atom is -0.383 e. The summed E-state index contributed by atoms with van der Waals surface area (Å²) in [6.45, 7) is 5.69. The van der Waals surface area contributed by atoms with Crippen LogP contribution in [0.3, 0.4) is 0 Å². The number of methoxy groups -OCH3 is 1. The average Bonchev–Trinajstić information content (AvgIpc) is 3.32. The summed E-state index contributed by atoms with van der Waals surface area (Å²) in [5.41, 5.74) is 4.40. The van der Waals surface area contributed by atoms with Gasteiger partial charge in [-0.25, -0.2) is 4.98 Å². The van der Waals surface area contributed by atoms with Crippen LogP contribution in [0.25, 0.3) is 21.9 Å². The van der Waals surface area contributed by atoms with E-state index in [9.17, 15) is 4.79 Å². The van der Waals surface area contributed by atoms with Crippen molar-refractivity contribution in [2.45, 2.75) is 39.3 Å². The quantitative estimate of drug-likeness (QED) is 0.420. The fourth-order valence-electron chi connectivity index (χ4n) is 4.36. The Morgan fingerprint density at radius 2 is 1.81 bits per heavy atom. The number of aryl methyl sites for hydroxylation is 2. The first-order valence-electron chi connectivity index (χ1n) is 11.3. The molecular weight excluding hydrogens is 400 g/mol. The van der Waals surface area contributed by atoms with Crippen LogP contribution >= 0.6 is 0 Å². The second-order valence-electron chi connectivity index (χ2n) is 8.66. The van der Waals surface area contributed by atoms with Gasteiger partial charge in [-0.1, -0.05) is 44.2 Å². The topological polar surface area (TPSA) is 61.1 Å². The Balaban J connectivity index is 1.49. The van der Waals surface area contributed by atoms with E-state index in [1.807, 2.05) is 37.4 Å². The fourth-order valence-corrected chi connectivity index (χ4v) is 4.36. The van der Waals surface area contributed by atoms with Crippen molar-refractivity contribution in [1.29, 1.82) is 0 Å². The lowest BCUT2D eigenvalue weighted by molar-refractivity contribution is -0.122. The number of benzene rings is 2. The predicted molar refractivity (Wildman–Crippen MR) is 129 cm³/mol. The molecule has 0 aliphatic heterocycles. The number of hydrogen-bond donors (Lipinski definition) is 1. The number of ether oxygens (including phenoxy) is 1.